The van der Waals surface area contributed by atoms with Crippen LogP contribution in [0.4, 0.5) is 0 Å². The van der Waals surface area contributed by atoms with Gasteiger partial charge >= 0.3 is 0 Å². The molecule has 0 saturated carbocycles. The van der Waals surface area contributed by atoms with E-state index in [4.69, 9.17) is 0 Å². The smallest absolute Gasteiger partial charge is 0.00979 e. The molecule has 18 heavy (non-hydrogen) atoms. The molecule has 2 heteroatoms. The van der Waals surface area contributed by atoms with Gasteiger partial charge < -0.3 is 0 Å². The van der Waals surface area contributed by atoms with Crippen LogP contribution in [-0.2, 0) is 0 Å². The van der Waals surface area contributed by atoms with Crippen molar-refractivity contribution in [2.75, 3.05) is 5.75 Å². The van der Waals surface area contributed by atoms with Gasteiger partial charge in [0.2, 0.25) is 0 Å². The Morgan fingerprint density at radius 2 is 0.778 bits per heavy atom. The van der Waals surface area contributed by atoms with E-state index in [0.717, 1.165) is 5.75 Å². The highest BCUT2D eigenvalue weighted by atomic mass is 32.1. The van der Waals surface area contributed by atoms with Crippen LogP contribution in [0.1, 0.15) is 96.8 Å². The molecule has 0 atom stereocenters. The van der Waals surface area contributed by atoms with Crippen LogP contribution >= 0.6 is 26.1 Å². The van der Waals surface area contributed by atoms with Crippen molar-refractivity contribution in [2.45, 2.75) is 96.8 Å². The minimum absolute atomic E-state index is 0. The van der Waals surface area contributed by atoms with E-state index in [9.17, 15) is 0 Å². The van der Waals surface area contributed by atoms with Gasteiger partial charge in [-0.05, 0) is 12.2 Å². The molecule has 0 aromatic heterocycles. The van der Waals surface area contributed by atoms with Gasteiger partial charge in [-0.15, -0.1) is 0 Å². The first-order valence-electron chi connectivity index (χ1n) is 8.02. The topological polar surface area (TPSA) is 0 Å². The first kappa shape index (κ1) is 21.0. The first-order chi connectivity index (χ1) is 8.41. The average molecular weight is 293 g/mol. The summed E-state index contributed by atoms with van der Waals surface area (Å²) in [6.45, 7) is 2.29. The maximum absolute atomic E-state index is 4.23. The fourth-order valence-electron chi connectivity index (χ4n) is 2.31. The largest absolute Gasteiger partial charge is 0.197 e. The minimum Gasteiger partial charge on any atom is -0.197 e. The van der Waals surface area contributed by atoms with E-state index in [-0.39, 0.29) is 13.5 Å². The molecule has 112 valence electrons. The maximum Gasteiger partial charge on any atom is -0.00979 e. The molecule has 0 aromatic rings. The molecule has 0 nitrogen and oxygen atoms in total. The second kappa shape index (κ2) is 20.0. The van der Waals surface area contributed by atoms with E-state index in [1.807, 2.05) is 0 Å². The normalized spacial score (nSPS) is 10.3. The van der Waals surface area contributed by atoms with E-state index in [1.165, 1.54) is 89.9 Å². The van der Waals surface area contributed by atoms with Crippen molar-refractivity contribution in [3.8, 4) is 0 Å². The Morgan fingerprint density at radius 3 is 1.06 bits per heavy atom. The molecular formula is C16H36S2. The summed E-state index contributed by atoms with van der Waals surface area (Å²) in [5.74, 6) is 1.07. The Bertz CT molecular complexity index is 112. The van der Waals surface area contributed by atoms with Crippen molar-refractivity contribution in [3.05, 3.63) is 0 Å². The van der Waals surface area contributed by atoms with Crippen LogP contribution in [0.25, 0.3) is 0 Å². The quantitative estimate of drug-likeness (QED) is 0.274. The van der Waals surface area contributed by atoms with Gasteiger partial charge in [-0.25, -0.2) is 0 Å². The van der Waals surface area contributed by atoms with Crippen LogP contribution in [0.5, 0.6) is 0 Å². The number of rotatable bonds is 14. The zero-order chi connectivity index (χ0) is 12.6. The standard InChI is InChI=1S/C16H34S.H2S/c1-2-3-4-5-6-7-8-9-10-11-12-13-14-15-16-17;/h17H,2-16H2,1H3;1H2. The summed E-state index contributed by atoms with van der Waals surface area (Å²) in [5.41, 5.74) is 0. The third-order valence-electron chi connectivity index (χ3n) is 3.51. The van der Waals surface area contributed by atoms with Crippen molar-refractivity contribution in [1.29, 1.82) is 0 Å². The third kappa shape index (κ3) is 19.0. The van der Waals surface area contributed by atoms with Gasteiger partial charge in [-0.2, -0.15) is 26.1 Å². The van der Waals surface area contributed by atoms with Gasteiger partial charge in [0.1, 0.15) is 0 Å². The molecule has 0 aliphatic rings. The number of hydrogen-bond donors (Lipinski definition) is 1. The Morgan fingerprint density at radius 1 is 0.500 bits per heavy atom. The monoisotopic (exact) mass is 292 g/mol. The summed E-state index contributed by atoms with van der Waals surface area (Å²) in [6.07, 6.45) is 20.1. The van der Waals surface area contributed by atoms with Gasteiger partial charge in [0.15, 0.2) is 0 Å². The van der Waals surface area contributed by atoms with Gasteiger partial charge in [0, 0.05) is 0 Å². The van der Waals surface area contributed by atoms with Gasteiger partial charge in [0.25, 0.3) is 0 Å². The average Bonchev–Trinajstić information content (AvgIpc) is 2.35. The zero-order valence-electron chi connectivity index (χ0n) is 12.6. The Kier molecular flexibility index (Phi) is 23.4. The summed E-state index contributed by atoms with van der Waals surface area (Å²) in [5, 5.41) is 0. The molecule has 0 N–H and O–H groups in total. The lowest BCUT2D eigenvalue weighted by Gasteiger charge is -2.02. The van der Waals surface area contributed by atoms with Crippen molar-refractivity contribution in [1.82, 2.24) is 0 Å². The molecule has 0 rings (SSSR count). The Balaban J connectivity index is 0. The van der Waals surface area contributed by atoms with Crippen LogP contribution < -0.4 is 0 Å². The van der Waals surface area contributed by atoms with Gasteiger partial charge in [0.05, 0.1) is 0 Å². The van der Waals surface area contributed by atoms with Crippen LogP contribution in [0, 0.1) is 0 Å². The lowest BCUT2D eigenvalue weighted by Crippen LogP contribution is -1.83. The molecule has 0 spiro atoms. The summed E-state index contributed by atoms with van der Waals surface area (Å²) in [4.78, 5) is 0. The van der Waals surface area contributed by atoms with E-state index >= 15 is 0 Å². The molecular weight excluding hydrogens is 256 g/mol. The summed E-state index contributed by atoms with van der Waals surface area (Å²) in [7, 11) is 0. The molecule has 0 aliphatic heterocycles. The van der Waals surface area contributed by atoms with Gasteiger partial charge in [-0.3, -0.25) is 0 Å². The predicted octanol–water partition coefficient (Wildman–Crippen LogP) is 6.51. The highest BCUT2D eigenvalue weighted by molar-refractivity contribution is 7.80. The van der Waals surface area contributed by atoms with Crippen LogP contribution in [0.3, 0.4) is 0 Å². The lowest BCUT2D eigenvalue weighted by atomic mass is 10.0. The highest BCUT2D eigenvalue weighted by Crippen LogP contribution is 2.12. The van der Waals surface area contributed by atoms with Crippen LogP contribution in [0.15, 0.2) is 0 Å². The predicted molar refractivity (Wildman–Crippen MR) is 94.5 cm³/mol. The fraction of sp³-hybridized carbons (Fsp3) is 1.00. The Labute approximate surface area is 129 Å². The number of thiol groups is 1. The molecule has 0 fully saturated rings. The fourth-order valence-corrected chi connectivity index (χ4v) is 2.53. The minimum atomic E-state index is 0. The van der Waals surface area contributed by atoms with E-state index in [0.29, 0.717) is 0 Å². The van der Waals surface area contributed by atoms with Crippen molar-refractivity contribution in [2.24, 2.45) is 0 Å². The SMILES string of the molecule is CCCCCCCCCCCCCCCCS.S. The van der Waals surface area contributed by atoms with Crippen LogP contribution in [-0.4, -0.2) is 5.75 Å². The second-order valence-corrected chi connectivity index (χ2v) is 5.77. The maximum atomic E-state index is 4.23. The third-order valence-corrected chi connectivity index (χ3v) is 3.83. The molecule has 0 aromatic carbocycles. The molecule has 0 aliphatic carbocycles. The molecule has 0 unspecified atom stereocenters. The molecule has 0 saturated heterocycles. The molecule has 0 bridgehead atoms. The van der Waals surface area contributed by atoms with Crippen molar-refractivity contribution < 1.29 is 0 Å². The summed E-state index contributed by atoms with van der Waals surface area (Å²) >= 11 is 4.23. The van der Waals surface area contributed by atoms with E-state index in [1.54, 1.807) is 0 Å². The van der Waals surface area contributed by atoms with Gasteiger partial charge in [-0.1, -0.05) is 90.4 Å². The first-order valence-corrected chi connectivity index (χ1v) is 8.66. The summed E-state index contributed by atoms with van der Waals surface area (Å²) < 4.78 is 0. The molecule has 0 heterocycles. The van der Waals surface area contributed by atoms with Crippen molar-refractivity contribution >= 4 is 26.1 Å². The van der Waals surface area contributed by atoms with Crippen molar-refractivity contribution in [3.63, 3.8) is 0 Å². The van der Waals surface area contributed by atoms with E-state index in [2.05, 4.69) is 19.6 Å². The highest BCUT2D eigenvalue weighted by Gasteiger charge is 1.93. The zero-order valence-corrected chi connectivity index (χ0v) is 14.4. The second-order valence-electron chi connectivity index (χ2n) is 5.32. The molecule has 0 amide bonds. The number of hydrogen-bond acceptors (Lipinski definition) is 1. The Hall–Kier alpha value is 0.700. The van der Waals surface area contributed by atoms with E-state index < -0.39 is 0 Å². The summed E-state index contributed by atoms with van der Waals surface area (Å²) in [6, 6.07) is 0. The molecule has 0 radical (unpaired) electrons. The lowest BCUT2D eigenvalue weighted by molar-refractivity contribution is 0.538. The van der Waals surface area contributed by atoms with Crippen LogP contribution in [0.2, 0.25) is 0 Å². The number of unbranched alkanes of at least 4 members (excludes halogenated alkanes) is 13.